The minimum atomic E-state index is -1.78. The van der Waals surface area contributed by atoms with Gasteiger partial charge in [-0.25, -0.2) is 0 Å². The minimum Gasteiger partial charge on any atom is -0.538 e. The second-order valence-electron chi connectivity index (χ2n) is 6.87. The highest BCUT2D eigenvalue weighted by Crippen LogP contribution is 2.44. The fraction of sp³-hybridized carbons (Fsp3) is 0.368. The Morgan fingerprint density at radius 3 is 2.26 bits per heavy atom. The molecule has 0 bridgehead atoms. The van der Waals surface area contributed by atoms with Gasteiger partial charge < -0.3 is 18.2 Å². The van der Waals surface area contributed by atoms with Gasteiger partial charge in [0.25, 0.3) is 0 Å². The van der Waals surface area contributed by atoms with Crippen LogP contribution in [0.5, 0.6) is 0 Å². The molecule has 23 heavy (non-hydrogen) atoms. The van der Waals surface area contributed by atoms with E-state index < -0.39 is 8.07 Å². The van der Waals surface area contributed by atoms with Gasteiger partial charge in [0.1, 0.15) is 8.07 Å². The third-order valence-corrected chi connectivity index (χ3v) is 10.9. The van der Waals surface area contributed by atoms with Crippen molar-refractivity contribution in [3.63, 3.8) is 0 Å². The van der Waals surface area contributed by atoms with Crippen LogP contribution in [0, 0.1) is 0 Å². The summed E-state index contributed by atoms with van der Waals surface area (Å²) in [5.74, 6) is 0. The number of fused-ring (bicyclic) bond motifs is 1. The fourth-order valence-electron chi connectivity index (χ4n) is 4.04. The lowest BCUT2D eigenvalue weighted by atomic mass is 10.1. The molecule has 2 aromatic carbocycles. The average molecular weight is 340 g/mol. The molecule has 4 heteroatoms. The molecule has 1 unspecified atom stereocenters. The van der Waals surface area contributed by atoms with Crippen molar-refractivity contribution in [2.45, 2.75) is 37.6 Å². The van der Waals surface area contributed by atoms with Gasteiger partial charge in [0.05, 0.1) is 0 Å². The molecule has 4 rings (SSSR count). The molecule has 2 saturated heterocycles. The molecule has 0 amide bonds. The summed E-state index contributed by atoms with van der Waals surface area (Å²) < 4.78 is 8.70. The Balaban J connectivity index is 1.69. The lowest BCUT2D eigenvalue weighted by molar-refractivity contribution is 0.232. The van der Waals surface area contributed by atoms with Gasteiger partial charge in [0.2, 0.25) is 0 Å². The third-order valence-electron chi connectivity index (χ3n) is 5.42. The molecule has 0 saturated carbocycles. The van der Waals surface area contributed by atoms with E-state index in [0.717, 1.165) is 8.96 Å². The summed E-state index contributed by atoms with van der Waals surface area (Å²) in [6.07, 6.45) is 3.01. The zero-order valence-corrected chi connectivity index (χ0v) is 15.5. The largest absolute Gasteiger partial charge is 0.538 e. The van der Waals surface area contributed by atoms with E-state index in [1.807, 2.05) is 0 Å². The maximum atomic E-state index is 6.19. The number of nitrogens with zero attached hydrogens (tertiary/aromatic N) is 1. The first kappa shape index (κ1) is 15.5. The Morgan fingerprint density at radius 1 is 1.04 bits per heavy atom. The lowest BCUT2D eigenvalue weighted by Crippen LogP contribution is -2.58. The molecule has 2 fully saturated rings. The van der Waals surface area contributed by atoms with Gasteiger partial charge in [-0.15, -0.1) is 0 Å². The molecule has 2 nitrogen and oxygen atoms in total. The Bertz CT molecular complexity index is 611. The van der Waals surface area contributed by atoms with Crippen LogP contribution in [0.2, 0.25) is 12.6 Å². The van der Waals surface area contributed by atoms with Crippen molar-refractivity contribution in [2.24, 2.45) is 0 Å². The van der Waals surface area contributed by atoms with Crippen LogP contribution in [0.3, 0.4) is 0 Å². The summed E-state index contributed by atoms with van der Waals surface area (Å²) in [7, 11) is -0.689. The molecular formula is C19H23NOPSi-. The van der Waals surface area contributed by atoms with Gasteiger partial charge in [0, 0.05) is 12.1 Å². The first-order valence-electron chi connectivity index (χ1n) is 8.52. The first-order chi connectivity index (χ1) is 11.3. The molecule has 2 aliphatic rings. The van der Waals surface area contributed by atoms with Crippen molar-refractivity contribution < 1.29 is 4.52 Å². The molecule has 2 heterocycles. The van der Waals surface area contributed by atoms with E-state index in [-0.39, 0.29) is 0 Å². The molecule has 0 radical (unpaired) electrons. The predicted molar refractivity (Wildman–Crippen MR) is 100 cm³/mol. The van der Waals surface area contributed by atoms with E-state index in [0.29, 0.717) is 12.1 Å². The van der Waals surface area contributed by atoms with E-state index in [1.54, 1.807) is 0 Å². The highest BCUT2D eigenvalue weighted by atomic mass is 31.1. The standard InChI is InChI=1S/C19H23NOPSi/c1-23(16-9-4-2-5-10-16,17-11-6-3-7-12-17)15-19-18-13-8-14-20(18)22-21-19/h2-7,9-12,18-19H,8,13-15H2,1H3/q-1/t18?,19-/m1/s1. The van der Waals surface area contributed by atoms with Crippen LogP contribution in [0.25, 0.3) is 0 Å². The summed E-state index contributed by atoms with van der Waals surface area (Å²) in [4.78, 5) is 0. The highest BCUT2D eigenvalue weighted by Gasteiger charge is 2.39. The van der Waals surface area contributed by atoms with Gasteiger partial charge in [-0.1, -0.05) is 77.6 Å². The molecule has 0 aromatic heterocycles. The van der Waals surface area contributed by atoms with Crippen LogP contribution in [0.4, 0.5) is 0 Å². The van der Waals surface area contributed by atoms with Crippen molar-refractivity contribution >= 4 is 27.4 Å². The fourth-order valence-corrected chi connectivity index (χ4v) is 9.06. The average Bonchev–Trinajstić information content (AvgIpc) is 3.21. The normalized spacial score (nSPS) is 25.8. The summed E-state index contributed by atoms with van der Waals surface area (Å²) in [5.41, 5.74) is 0. The van der Waals surface area contributed by atoms with E-state index in [1.165, 1.54) is 35.8 Å². The topological polar surface area (TPSA) is 12.5 Å². The maximum Gasteiger partial charge on any atom is 0.117 e. The van der Waals surface area contributed by atoms with Gasteiger partial charge in [0.15, 0.2) is 0 Å². The minimum absolute atomic E-state index is 0.385. The Labute approximate surface area is 141 Å². The predicted octanol–water partition coefficient (Wildman–Crippen LogP) is 3.52. The summed E-state index contributed by atoms with van der Waals surface area (Å²) in [5, 5.41) is 3.03. The van der Waals surface area contributed by atoms with Crippen molar-refractivity contribution in [2.75, 3.05) is 6.54 Å². The third kappa shape index (κ3) is 2.92. The smallest absolute Gasteiger partial charge is 0.117 e. The van der Waals surface area contributed by atoms with Crippen LogP contribution in [-0.4, -0.2) is 31.4 Å². The lowest BCUT2D eigenvalue weighted by Gasteiger charge is -2.34. The first-order valence-corrected chi connectivity index (χ1v) is 12.0. The number of benzene rings is 2. The Morgan fingerprint density at radius 2 is 1.65 bits per heavy atom. The molecule has 0 aliphatic carbocycles. The summed E-state index contributed by atoms with van der Waals surface area (Å²) in [6, 6.07) is 24.0. The summed E-state index contributed by atoms with van der Waals surface area (Å²) in [6.45, 7) is 3.72. The van der Waals surface area contributed by atoms with Crippen LogP contribution >= 0.6 is 8.96 Å². The zero-order chi connectivity index (χ0) is 15.7. The van der Waals surface area contributed by atoms with Crippen molar-refractivity contribution in [1.82, 2.24) is 4.67 Å². The zero-order valence-electron chi connectivity index (χ0n) is 13.6. The summed E-state index contributed by atoms with van der Waals surface area (Å²) >= 11 is 0. The van der Waals surface area contributed by atoms with Crippen LogP contribution < -0.4 is 10.4 Å². The number of hydrogen-bond acceptors (Lipinski definition) is 2. The van der Waals surface area contributed by atoms with Crippen LogP contribution in [0.15, 0.2) is 60.7 Å². The van der Waals surface area contributed by atoms with Crippen molar-refractivity contribution in [3.8, 4) is 0 Å². The molecule has 2 aromatic rings. The second kappa shape index (κ2) is 6.49. The van der Waals surface area contributed by atoms with E-state index >= 15 is 0 Å². The number of hydrogen-bond donors (Lipinski definition) is 0. The van der Waals surface area contributed by atoms with E-state index in [9.17, 15) is 0 Å². The molecule has 0 N–H and O–H groups in total. The number of rotatable bonds is 4. The van der Waals surface area contributed by atoms with Gasteiger partial charge in [-0.05, 0) is 25.4 Å². The maximum absolute atomic E-state index is 6.19. The molecule has 2 aliphatic heterocycles. The Hall–Kier alpha value is -0.993. The highest BCUT2D eigenvalue weighted by molar-refractivity contribution is 7.29. The second-order valence-corrected chi connectivity index (χ2v) is 12.0. The van der Waals surface area contributed by atoms with E-state index in [4.69, 9.17) is 4.52 Å². The monoisotopic (exact) mass is 340 g/mol. The Kier molecular flexibility index (Phi) is 4.38. The van der Waals surface area contributed by atoms with E-state index in [2.05, 4.69) is 71.9 Å². The van der Waals surface area contributed by atoms with Crippen molar-refractivity contribution in [1.29, 1.82) is 0 Å². The van der Waals surface area contributed by atoms with Gasteiger partial charge >= 0.3 is 0 Å². The van der Waals surface area contributed by atoms with Crippen molar-refractivity contribution in [3.05, 3.63) is 60.7 Å². The van der Waals surface area contributed by atoms with Gasteiger partial charge in [-0.2, -0.15) is 0 Å². The molecule has 0 spiro atoms. The molecule has 2 atom stereocenters. The molecular weight excluding hydrogens is 317 g/mol. The molecule has 120 valence electrons. The quantitative estimate of drug-likeness (QED) is 0.624. The SMILES string of the molecule is C[Si](C[C@H]1O[P-]N2CCCC12)(c1ccccc1)c1ccccc1. The van der Waals surface area contributed by atoms with Crippen LogP contribution in [-0.2, 0) is 4.52 Å². The van der Waals surface area contributed by atoms with Gasteiger partial charge in [-0.3, -0.25) is 0 Å². The van der Waals surface area contributed by atoms with Crippen LogP contribution in [0.1, 0.15) is 12.8 Å².